The van der Waals surface area contributed by atoms with E-state index in [1.54, 1.807) is 0 Å². The topological polar surface area (TPSA) is 86.2 Å². The third kappa shape index (κ3) is 5.89. The lowest BCUT2D eigenvalue weighted by Gasteiger charge is -2.31. The molecule has 0 aliphatic carbocycles. The van der Waals surface area contributed by atoms with Gasteiger partial charge in [-0.15, -0.1) is 0 Å². The molecule has 3 heterocycles. The molecule has 0 spiro atoms. The summed E-state index contributed by atoms with van der Waals surface area (Å²) in [4.78, 5) is 0. The van der Waals surface area contributed by atoms with Crippen LogP contribution in [0.4, 0.5) is 0 Å². The standard InChI is InChI=1S/C63H36N6/c64-37-40-25-31-43(32-26-40)58-61(67-52-19-7-1-13-46(52)47-14-2-8-20-53(47)67)59(44-33-27-41(38-65)28-34-44)63(69-56-23-11-5-17-50(56)51-18-6-12-24-57(51)69)60(45-35-29-42(39-66)30-36-45)62(58)68-54-21-9-3-15-48(54)49-16-4-10-22-55(49)68/h1-36H. The minimum atomic E-state index is 0.553. The monoisotopic (exact) mass is 876 g/mol. The molecule has 0 unspecified atom stereocenters. The average molecular weight is 877 g/mol. The highest BCUT2D eigenvalue weighted by Crippen LogP contribution is 2.54. The molecule has 6 nitrogen and oxygen atoms in total. The van der Waals surface area contributed by atoms with Crippen molar-refractivity contribution in [3.8, 4) is 68.7 Å². The van der Waals surface area contributed by atoms with Gasteiger partial charge in [0, 0.05) is 49.0 Å². The van der Waals surface area contributed by atoms with E-state index >= 15 is 0 Å². The second-order valence-corrected chi connectivity index (χ2v) is 17.3. The van der Waals surface area contributed by atoms with Gasteiger partial charge in [-0.2, -0.15) is 15.8 Å². The summed E-state index contributed by atoms with van der Waals surface area (Å²) in [5, 5.41) is 37.4. The third-order valence-electron chi connectivity index (χ3n) is 13.7. The highest BCUT2D eigenvalue weighted by molar-refractivity contribution is 6.18. The number of hydrogen-bond donors (Lipinski definition) is 0. The van der Waals surface area contributed by atoms with Crippen molar-refractivity contribution in [2.75, 3.05) is 0 Å². The third-order valence-corrected chi connectivity index (χ3v) is 13.7. The molecule has 6 heteroatoms. The molecule has 0 radical (unpaired) electrons. The second kappa shape index (κ2) is 15.6. The fourth-order valence-corrected chi connectivity index (χ4v) is 10.8. The molecule has 0 fully saturated rings. The van der Waals surface area contributed by atoms with E-state index in [1.165, 1.54) is 0 Å². The highest BCUT2D eigenvalue weighted by atomic mass is 15.1. The van der Waals surface area contributed by atoms with Crippen LogP contribution >= 0.6 is 0 Å². The van der Waals surface area contributed by atoms with Crippen LogP contribution in [0, 0.1) is 34.0 Å². The van der Waals surface area contributed by atoms with Crippen LogP contribution in [0.25, 0.3) is 116 Å². The zero-order valence-electron chi connectivity index (χ0n) is 37.0. The van der Waals surface area contributed by atoms with E-state index in [2.05, 4.69) is 214 Å². The first-order chi connectivity index (χ1) is 34.1. The lowest BCUT2D eigenvalue weighted by molar-refractivity contribution is 1.10. The molecule has 0 aliphatic rings. The van der Waals surface area contributed by atoms with Crippen LogP contribution < -0.4 is 0 Å². The summed E-state index contributed by atoms with van der Waals surface area (Å²) in [6.07, 6.45) is 0. The predicted molar refractivity (Wildman–Crippen MR) is 280 cm³/mol. The zero-order valence-corrected chi connectivity index (χ0v) is 37.0. The van der Waals surface area contributed by atoms with Gasteiger partial charge in [0.2, 0.25) is 0 Å². The Morgan fingerprint density at radius 3 is 0.609 bits per heavy atom. The number of rotatable bonds is 6. The van der Waals surface area contributed by atoms with E-state index in [4.69, 9.17) is 0 Å². The zero-order chi connectivity index (χ0) is 46.2. The number of aromatic nitrogens is 3. The van der Waals surface area contributed by atoms with Crippen molar-refractivity contribution >= 4 is 65.4 Å². The van der Waals surface area contributed by atoms with Crippen LogP contribution in [0.3, 0.4) is 0 Å². The van der Waals surface area contributed by atoms with Gasteiger partial charge in [-0.1, -0.05) is 146 Å². The molecule has 0 saturated carbocycles. The number of para-hydroxylation sites is 6. The van der Waals surface area contributed by atoms with Gasteiger partial charge >= 0.3 is 0 Å². The summed E-state index contributed by atoms with van der Waals surface area (Å²) in [7, 11) is 0. The molecule has 0 N–H and O–H groups in total. The Hall–Kier alpha value is -9.93. The molecule has 10 aromatic carbocycles. The van der Waals surface area contributed by atoms with Crippen molar-refractivity contribution in [1.82, 2.24) is 13.7 Å². The van der Waals surface area contributed by atoms with Crippen molar-refractivity contribution < 1.29 is 0 Å². The molecule has 13 aromatic rings. The molecule has 3 aromatic heterocycles. The van der Waals surface area contributed by atoms with E-state index in [0.29, 0.717) is 16.7 Å². The average Bonchev–Trinajstić information content (AvgIpc) is 4.06. The summed E-state index contributed by atoms with van der Waals surface area (Å²) >= 11 is 0. The van der Waals surface area contributed by atoms with Gasteiger partial charge in [0.15, 0.2) is 0 Å². The van der Waals surface area contributed by atoms with Crippen LogP contribution in [0.1, 0.15) is 16.7 Å². The van der Waals surface area contributed by atoms with Gasteiger partial charge in [0.1, 0.15) is 0 Å². The predicted octanol–water partition coefficient (Wildman–Crippen LogP) is 15.6. The van der Waals surface area contributed by atoms with Gasteiger partial charge in [-0.3, -0.25) is 0 Å². The Morgan fingerprint density at radius 2 is 0.420 bits per heavy atom. The fraction of sp³-hybridized carbons (Fsp3) is 0. The van der Waals surface area contributed by atoms with Crippen molar-refractivity contribution in [1.29, 1.82) is 15.8 Å². The second-order valence-electron chi connectivity index (χ2n) is 17.3. The molecule has 13 rings (SSSR count). The normalized spacial score (nSPS) is 11.4. The maximum atomic E-state index is 10.3. The molecular formula is C63H36N6. The summed E-state index contributed by atoms with van der Waals surface area (Å²) in [6.45, 7) is 0. The van der Waals surface area contributed by atoms with E-state index in [-0.39, 0.29) is 0 Å². The number of fused-ring (bicyclic) bond motifs is 9. The van der Waals surface area contributed by atoms with Crippen molar-refractivity contribution in [2.24, 2.45) is 0 Å². The molecule has 0 amide bonds. The number of hydrogen-bond acceptors (Lipinski definition) is 3. The van der Waals surface area contributed by atoms with Gasteiger partial charge < -0.3 is 13.7 Å². The summed E-state index contributed by atoms with van der Waals surface area (Å²) in [5.41, 5.74) is 16.1. The van der Waals surface area contributed by atoms with Crippen LogP contribution in [0.2, 0.25) is 0 Å². The number of nitrogens with zero attached hydrogens (tertiary/aromatic N) is 6. The Kier molecular flexibility index (Phi) is 8.92. The highest BCUT2D eigenvalue weighted by Gasteiger charge is 2.34. The Balaban J connectivity index is 1.42. The largest absolute Gasteiger partial charge is 0.308 e. The van der Waals surface area contributed by atoms with Crippen molar-refractivity contribution in [2.45, 2.75) is 0 Å². The maximum absolute atomic E-state index is 10.3. The quantitative estimate of drug-likeness (QED) is 0.167. The summed E-state index contributed by atoms with van der Waals surface area (Å²) in [6, 6.07) is 82.7. The minimum Gasteiger partial charge on any atom is -0.308 e. The number of benzene rings is 10. The van der Waals surface area contributed by atoms with E-state index in [0.717, 1.165) is 116 Å². The summed E-state index contributed by atoms with van der Waals surface area (Å²) < 4.78 is 7.30. The fourth-order valence-electron chi connectivity index (χ4n) is 10.8. The molecule has 0 bridgehead atoms. The summed E-state index contributed by atoms with van der Waals surface area (Å²) in [5.74, 6) is 0. The van der Waals surface area contributed by atoms with Gasteiger partial charge in [0.25, 0.3) is 0 Å². The molecule has 0 saturated heterocycles. The van der Waals surface area contributed by atoms with Gasteiger partial charge in [0.05, 0.1) is 85.1 Å². The first-order valence-corrected chi connectivity index (χ1v) is 22.9. The smallest absolute Gasteiger partial charge is 0.0991 e. The first kappa shape index (κ1) is 39.4. The number of nitriles is 3. The van der Waals surface area contributed by atoms with Crippen LogP contribution in [0.5, 0.6) is 0 Å². The van der Waals surface area contributed by atoms with E-state index in [1.807, 2.05) is 36.4 Å². The molecule has 318 valence electrons. The van der Waals surface area contributed by atoms with Crippen molar-refractivity contribution in [3.05, 3.63) is 235 Å². The first-order valence-electron chi connectivity index (χ1n) is 22.9. The van der Waals surface area contributed by atoms with E-state index < -0.39 is 0 Å². The SMILES string of the molecule is N#Cc1ccc(-c2c(-n3c4ccccc4c4ccccc43)c(-c3ccc(C#N)cc3)c(-n3c4ccccc4c4ccccc43)c(-c3ccc(C#N)cc3)c2-n2c3ccccc3c3ccccc32)cc1. The molecular weight excluding hydrogens is 841 g/mol. The lowest BCUT2D eigenvalue weighted by Crippen LogP contribution is -2.13. The van der Waals surface area contributed by atoms with E-state index in [9.17, 15) is 15.8 Å². The molecule has 69 heavy (non-hydrogen) atoms. The minimum absolute atomic E-state index is 0.553. The van der Waals surface area contributed by atoms with Gasteiger partial charge in [-0.05, 0) is 89.5 Å². The lowest BCUT2D eigenvalue weighted by atomic mass is 9.85. The van der Waals surface area contributed by atoms with Gasteiger partial charge in [-0.25, -0.2) is 0 Å². The van der Waals surface area contributed by atoms with Crippen LogP contribution in [0.15, 0.2) is 218 Å². The molecule has 0 aliphatic heterocycles. The Bertz CT molecular complexity index is 3740. The Labute approximate surface area is 396 Å². The van der Waals surface area contributed by atoms with Crippen LogP contribution in [-0.2, 0) is 0 Å². The maximum Gasteiger partial charge on any atom is 0.0991 e. The molecule has 0 atom stereocenters. The Morgan fingerprint density at radius 1 is 0.232 bits per heavy atom. The van der Waals surface area contributed by atoms with Crippen molar-refractivity contribution in [3.63, 3.8) is 0 Å². The van der Waals surface area contributed by atoms with Crippen LogP contribution in [-0.4, -0.2) is 13.7 Å².